The van der Waals surface area contributed by atoms with Gasteiger partial charge in [-0.2, -0.15) is 0 Å². The smallest absolute Gasteiger partial charge is 0.0486 e. The van der Waals surface area contributed by atoms with Crippen molar-refractivity contribution in [2.24, 2.45) is 5.73 Å². The molecule has 0 saturated heterocycles. The summed E-state index contributed by atoms with van der Waals surface area (Å²) in [5.41, 5.74) is 9.65. The van der Waals surface area contributed by atoms with Crippen LogP contribution in [0.15, 0.2) is 59.2 Å². The molecule has 0 aliphatic heterocycles. The van der Waals surface area contributed by atoms with Gasteiger partial charge in [0, 0.05) is 28.1 Å². The number of rotatable bonds is 5. The summed E-state index contributed by atoms with van der Waals surface area (Å²) in [5, 5.41) is 1.35. The molecule has 3 heteroatoms. The van der Waals surface area contributed by atoms with Gasteiger partial charge in [-0.3, -0.25) is 0 Å². The first-order valence-electron chi connectivity index (χ1n) is 7.29. The van der Waals surface area contributed by atoms with E-state index in [-0.39, 0.29) is 0 Å². The van der Waals surface area contributed by atoms with Gasteiger partial charge in [-0.1, -0.05) is 46.3 Å². The van der Waals surface area contributed by atoms with Crippen LogP contribution in [0, 0.1) is 0 Å². The van der Waals surface area contributed by atoms with Gasteiger partial charge < -0.3 is 10.3 Å². The van der Waals surface area contributed by atoms with Crippen molar-refractivity contribution in [2.45, 2.75) is 19.4 Å². The largest absolute Gasteiger partial charge is 0.343 e. The lowest BCUT2D eigenvalue weighted by molar-refractivity contribution is 0.806. The number of aromatic nitrogens is 1. The number of hydrogen-bond acceptors (Lipinski definition) is 1. The van der Waals surface area contributed by atoms with Crippen LogP contribution < -0.4 is 5.73 Å². The van der Waals surface area contributed by atoms with Gasteiger partial charge in [-0.05, 0) is 48.7 Å². The number of nitrogens with two attached hydrogens (primary N) is 1. The molecule has 0 fully saturated rings. The number of nitrogens with zero attached hydrogens (tertiary/aromatic N) is 1. The van der Waals surface area contributed by atoms with Crippen molar-refractivity contribution in [1.82, 2.24) is 4.57 Å². The van der Waals surface area contributed by atoms with E-state index in [1.54, 1.807) is 0 Å². The zero-order valence-electron chi connectivity index (χ0n) is 11.9. The first-order chi connectivity index (χ1) is 10.3. The molecular weight excluding hydrogens is 324 g/mol. The lowest BCUT2D eigenvalue weighted by Crippen LogP contribution is -2.00. The summed E-state index contributed by atoms with van der Waals surface area (Å²) in [6, 6.07) is 17.1. The lowest BCUT2D eigenvalue weighted by Gasteiger charge is -2.06. The van der Waals surface area contributed by atoms with Crippen molar-refractivity contribution in [1.29, 1.82) is 0 Å². The Kier molecular flexibility index (Phi) is 4.42. The summed E-state index contributed by atoms with van der Waals surface area (Å²) in [6.45, 7) is 1.63. The molecule has 1 aromatic heterocycles. The van der Waals surface area contributed by atoms with Crippen LogP contribution in [0.3, 0.4) is 0 Å². The van der Waals surface area contributed by atoms with Crippen LogP contribution in [0.25, 0.3) is 10.9 Å². The second kappa shape index (κ2) is 6.46. The maximum Gasteiger partial charge on any atom is 0.0486 e. The molecule has 0 aliphatic rings. The second-order valence-corrected chi connectivity index (χ2v) is 6.24. The summed E-state index contributed by atoms with van der Waals surface area (Å²) in [5.74, 6) is 0. The highest BCUT2D eigenvalue weighted by Gasteiger charge is 2.08. The van der Waals surface area contributed by atoms with E-state index in [0.717, 1.165) is 30.4 Å². The Morgan fingerprint density at radius 3 is 2.71 bits per heavy atom. The molecule has 3 aromatic rings. The molecule has 21 heavy (non-hydrogen) atoms. The quantitative estimate of drug-likeness (QED) is 0.734. The van der Waals surface area contributed by atoms with Crippen molar-refractivity contribution in [2.75, 3.05) is 6.54 Å². The van der Waals surface area contributed by atoms with Crippen LogP contribution in [0.5, 0.6) is 0 Å². The molecule has 2 aromatic carbocycles. The normalized spacial score (nSPS) is 11.1. The van der Waals surface area contributed by atoms with Gasteiger partial charge in [0.1, 0.15) is 0 Å². The summed E-state index contributed by atoms with van der Waals surface area (Å²) < 4.78 is 3.46. The summed E-state index contributed by atoms with van der Waals surface area (Å²) in [7, 11) is 0. The molecule has 0 bridgehead atoms. The Balaban J connectivity index is 1.98. The molecule has 0 amide bonds. The van der Waals surface area contributed by atoms with Crippen LogP contribution in [-0.4, -0.2) is 11.1 Å². The molecule has 0 radical (unpaired) electrons. The van der Waals surface area contributed by atoms with Crippen LogP contribution in [0.4, 0.5) is 0 Å². The van der Waals surface area contributed by atoms with E-state index < -0.39 is 0 Å². The Morgan fingerprint density at radius 2 is 1.90 bits per heavy atom. The maximum absolute atomic E-state index is 5.66. The predicted octanol–water partition coefficient (Wildman–Crippen LogP) is 4.34. The van der Waals surface area contributed by atoms with Gasteiger partial charge in [0.05, 0.1) is 0 Å². The number of hydrogen-bond donors (Lipinski definition) is 1. The number of fused-ring (bicyclic) bond motifs is 1. The van der Waals surface area contributed by atoms with Crippen LogP contribution >= 0.6 is 15.9 Å². The molecule has 2 N–H and O–H groups in total. The highest BCUT2D eigenvalue weighted by atomic mass is 79.9. The Hall–Kier alpha value is -1.58. The molecular formula is C18H19BrN2. The van der Waals surface area contributed by atoms with Gasteiger partial charge in [0.15, 0.2) is 0 Å². The Bertz CT molecular complexity index is 746. The minimum Gasteiger partial charge on any atom is -0.343 e. The molecule has 0 atom stereocenters. The topological polar surface area (TPSA) is 30.9 Å². The average Bonchev–Trinajstić information content (AvgIpc) is 2.84. The van der Waals surface area contributed by atoms with E-state index in [2.05, 4.69) is 75.2 Å². The summed E-state index contributed by atoms with van der Waals surface area (Å²) >= 11 is 3.54. The molecule has 1 heterocycles. The van der Waals surface area contributed by atoms with Crippen molar-refractivity contribution < 1.29 is 0 Å². The minimum atomic E-state index is 0.741. The van der Waals surface area contributed by atoms with Gasteiger partial charge in [0.25, 0.3) is 0 Å². The molecule has 0 spiro atoms. The van der Waals surface area contributed by atoms with Crippen molar-refractivity contribution in [3.05, 3.63) is 70.3 Å². The third-order valence-electron chi connectivity index (χ3n) is 3.76. The Morgan fingerprint density at radius 1 is 1.05 bits per heavy atom. The lowest BCUT2D eigenvalue weighted by atomic mass is 10.1. The van der Waals surface area contributed by atoms with E-state index in [4.69, 9.17) is 5.73 Å². The number of benzene rings is 2. The fourth-order valence-electron chi connectivity index (χ4n) is 2.78. The van der Waals surface area contributed by atoms with Crippen LogP contribution in [0.1, 0.15) is 17.5 Å². The maximum atomic E-state index is 5.66. The fourth-order valence-corrected chi connectivity index (χ4v) is 3.22. The SMILES string of the molecule is NCCCc1cn(Cc2cccc(Br)c2)c2ccccc12. The number of para-hydroxylation sites is 1. The number of halogens is 1. The molecule has 0 unspecified atom stereocenters. The van der Waals surface area contributed by atoms with Gasteiger partial charge in [-0.25, -0.2) is 0 Å². The highest BCUT2D eigenvalue weighted by Crippen LogP contribution is 2.24. The van der Waals surface area contributed by atoms with E-state index in [1.807, 2.05) is 0 Å². The van der Waals surface area contributed by atoms with Crippen molar-refractivity contribution >= 4 is 26.8 Å². The van der Waals surface area contributed by atoms with E-state index in [0.29, 0.717) is 0 Å². The third-order valence-corrected chi connectivity index (χ3v) is 4.26. The van der Waals surface area contributed by atoms with Crippen molar-refractivity contribution in [3.8, 4) is 0 Å². The first kappa shape index (κ1) is 14.4. The van der Waals surface area contributed by atoms with Gasteiger partial charge >= 0.3 is 0 Å². The van der Waals surface area contributed by atoms with Crippen molar-refractivity contribution in [3.63, 3.8) is 0 Å². The van der Waals surface area contributed by atoms with E-state index >= 15 is 0 Å². The second-order valence-electron chi connectivity index (χ2n) is 5.32. The Labute approximate surface area is 133 Å². The van der Waals surface area contributed by atoms with Gasteiger partial charge in [0.2, 0.25) is 0 Å². The summed E-state index contributed by atoms with van der Waals surface area (Å²) in [4.78, 5) is 0. The highest BCUT2D eigenvalue weighted by molar-refractivity contribution is 9.10. The number of aryl methyl sites for hydroxylation is 1. The molecule has 2 nitrogen and oxygen atoms in total. The molecule has 0 saturated carbocycles. The van der Waals surface area contributed by atoms with Crippen LogP contribution in [0.2, 0.25) is 0 Å². The van der Waals surface area contributed by atoms with Crippen LogP contribution in [-0.2, 0) is 13.0 Å². The van der Waals surface area contributed by atoms with E-state index in [9.17, 15) is 0 Å². The molecule has 3 rings (SSSR count). The zero-order valence-corrected chi connectivity index (χ0v) is 13.5. The average molecular weight is 343 g/mol. The van der Waals surface area contributed by atoms with E-state index in [1.165, 1.54) is 22.0 Å². The zero-order chi connectivity index (χ0) is 14.7. The fraction of sp³-hybridized carbons (Fsp3) is 0.222. The first-order valence-corrected chi connectivity index (χ1v) is 8.08. The monoisotopic (exact) mass is 342 g/mol. The molecule has 0 aliphatic carbocycles. The third kappa shape index (κ3) is 3.20. The standard InChI is InChI=1S/C18H19BrN2/c19-16-7-3-5-14(11-16)12-21-13-15(6-4-10-20)17-8-1-2-9-18(17)21/h1-3,5,7-9,11,13H,4,6,10,12,20H2. The summed E-state index contributed by atoms with van der Waals surface area (Å²) in [6.07, 6.45) is 4.36. The van der Waals surface area contributed by atoms with Gasteiger partial charge in [-0.15, -0.1) is 0 Å². The molecule has 108 valence electrons. The predicted molar refractivity (Wildman–Crippen MR) is 92.6 cm³/mol. The minimum absolute atomic E-state index is 0.741.